The minimum atomic E-state index is 0.00519. The Kier molecular flexibility index (Phi) is 3.19. The molecular formula is C9H12N2OS. The maximum Gasteiger partial charge on any atom is 0.285 e. The number of anilines is 1. The molecule has 0 aliphatic heterocycles. The van der Waals surface area contributed by atoms with Crippen molar-refractivity contribution >= 4 is 22.7 Å². The molecule has 0 aliphatic carbocycles. The highest BCUT2D eigenvalue weighted by Crippen LogP contribution is 2.21. The van der Waals surface area contributed by atoms with E-state index >= 15 is 0 Å². The van der Waals surface area contributed by atoms with Crippen LogP contribution in [0.3, 0.4) is 0 Å². The molecule has 13 heavy (non-hydrogen) atoms. The quantitative estimate of drug-likeness (QED) is 0.552. The molecule has 0 saturated carbocycles. The molecule has 0 saturated heterocycles. The zero-order chi connectivity index (χ0) is 9.84. The Morgan fingerprint density at radius 3 is 2.69 bits per heavy atom. The second kappa shape index (κ2) is 4.18. The van der Waals surface area contributed by atoms with Crippen molar-refractivity contribution in [3.05, 3.63) is 24.3 Å². The molecule has 1 rings (SSSR count). The maximum atomic E-state index is 11.3. The van der Waals surface area contributed by atoms with Crippen molar-refractivity contribution in [3.63, 3.8) is 0 Å². The van der Waals surface area contributed by atoms with Crippen molar-refractivity contribution in [2.75, 3.05) is 19.8 Å². The summed E-state index contributed by atoms with van der Waals surface area (Å²) in [6, 6.07) is 7.28. The number of thioether (sulfide) groups is 1. The van der Waals surface area contributed by atoms with E-state index in [0.29, 0.717) is 5.69 Å². The summed E-state index contributed by atoms with van der Waals surface area (Å²) in [5.41, 5.74) is 6.25. The number of nitrogen functional groups attached to an aromatic ring is 1. The van der Waals surface area contributed by atoms with Gasteiger partial charge in [0.25, 0.3) is 5.24 Å². The highest BCUT2D eigenvalue weighted by atomic mass is 32.2. The van der Waals surface area contributed by atoms with E-state index in [2.05, 4.69) is 0 Å². The summed E-state index contributed by atoms with van der Waals surface area (Å²) < 4.78 is 0. The first-order chi connectivity index (χ1) is 6.09. The summed E-state index contributed by atoms with van der Waals surface area (Å²) in [5.74, 6) is 0. The Bertz CT molecular complexity index is 312. The van der Waals surface area contributed by atoms with Crippen LogP contribution in [0.1, 0.15) is 0 Å². The van der Waals surface area contributed by atoms with E-state index in [4.69, 9.17) is 5.73 Å². The van der Waals surface area contributed by atoms with Crippen LogP contribution in [0.2, 0.25) is 0 Å². The molecule has 1 aromatic rings. The first-order valence-corrected chi connectivity index (χ1v) is 4.66. The Hall–Kier alpha value is -1.16. The predicted molar refractivity (Wildman–Crippen MR) is 55.8 cm³/mol. The largest absolute Gasteiger partial charge is 0.399 e. The SMILES string of the molecule is CN(C)C(=O)Sc1cccc(N)c1. The zero-order valence-corrected chi connectivity index (χ0v) is 8.47. The summed E-state index contributed by atoms with van der Waals surface area (Å²) in [5, 5.41) is 0.00519. The molecule has 0 unspecified atom stereocenters. The number of carbonyl (C=O) groups is 1. The molecule has 0 aliphatic rings. The molecular weight excluding hydrogens is 184 g/mol. The highest BCUT2D eigenvalue weighted by molar-refractivity contribution is 8.13. The average molecular weight is 196 g/mol. The van der Waals surface area contributed by atoms with Crippen LogP contribution < -0.4 is 5.73 Å². The van der Waals surface area contributed by atoms with Crippen molar-refractivity contribution in [2.24, 2.45) is 0 Å². The lowest BCUT2D eigenvalue weighted by Gasteiger charge is -2.08. The normalized spacial score (nSPS) is 9.69. The molecule has 0 bridgehead atoms. The van der Waals surface area contributed by atoms with Gasteiger partial charge in [-0.05, 0) is 30.0 Å². The molecule has 4 heteroatoms. The minimum Gasteiger partial charge on any atom is -0.399 e. The molecule has 0 heterocycles. The van der Waals surface area contributed by atoms with Gasteiger partial charge < -0.3 is 10.6 Å². The van der Waals surface area contributed by atoms with Gasteiger partial charge in [-0.3, -0.25) is 4.79 Å². The van der Waals surface area contributed by atoms with E-state index in [-0.39, 0.29) is 5.24 Å². The molecule has 0 spiro atoms. The lowest BCUT2D eigenvalue weighted by atomic mass is 10.3. The summed E-state index contributed by atoms with van der Waals surface area (Å²) in [6.07, 6.45) is 0. The van der Waals surface area contributed by atoms with Crippen molar-refractivity contribution < 1.29 is 4.79 Å². The molecule has 0 aromatic heterocycles. The van der Waals surface area contributed by atoms with Crippen LogP contribution in [0.5, 0.6) is 0 Å². The summed E-state index contributed by atoms with van der Waals surface area (Å²) in [7, 11) is 3.45. The third-order valence-electron chi connectivity index (χ3n) is 1.43. The fraction of sp³-hybridized carbons (Fsp3) is 0.222. The maximum absolute atomic E-state index is 11.3. The van der Waals surface area contributed by atoms with Gasteiger partial charge in [-0.2, -0.15) is 0 Å². The van der Waals surface area contributed by atoms with Crippen molar-refractivity contribution in [1.82, 2.24) is 4.90 Å². The number of rotatable bonds is 1. The second-order valence-corrected chi connectivity index (χ2v) is 3.86. The Balaban J connectivity index is 2.69. The number of nitrogens with two attached hydrogens (primary N) is 1. The smallest absolute Gasteiger partial charge is 0.285 e. The first-order valence-electron chi connectivity index (χ1n) is 3.84. The van der Waals surface area contributed by atoms with Crippen LogP contribution in [0.15, 0.2) is 29.2 Å². The van der Waals surface area contributed by atoms with E-state index in [0.717, 1.165) is 4.90 Å². The van der Waals surface area contributed by atoms with Crippen LogP contribution in [-0.4, -0.2) is 24.2 Å². The number of amides is 1. The minimum absolute atomic E-state index is 0.00519. The summed E-state index contributed by atoms with van der Waals surface area (Å²) >= 11 is 1.17. The van der Waals surface area contributed by atoms with Crippen LogP contribution in [0.25, 0.3) is 0 Å². The van der Waals surface area contributed by atoms with Crippen molar-refractivity contribution in [2.45, 2.75) is 4.90 Å². The zero-order valence-electron chi connectivity index (χ0n) is 7.65. The number of benzene rings is 1. The lowest BCUT2D eigenvalue weighted by Crippen LogP contribution is -2.15. The van der Waals surface area contributed by atoms with E-state index in [1.807, 2.05) is 12.1 Å². The van der Waals surface area contributed by atoms with Crippen LogP contribution in [-0.2, 0) is 0 Å². The fourth-order valence-corrected chi connectivity index (χ4v) is 1.50. The lowest BCUT2D eigenvalue weighted by molar-refractivity contribution is 0.241. The number of carbonyl (C=O) groups excluding carboxylic acids is 1. The molecule has 1 amide bonds. The fourth-order valence-electron chi connectivity index (χ4n) is 0.770. The van der Waals surface area contributed by atoms with Crippen molar-refractivity contribution in [3.8, 4) is 0 Å². The van der Waals surface area contributed by atoms with Crippen LogP contribution in [0.4, 0.5) is 10.5 Å². The standard InChI is InChI=1S/C9H12N2OS/c1-11(2)9(12)13-8-5-3-4-7(10)6-8/h3-6H,10H2,1-2H3. The van der Waals surface area contributed by atoms with Gasteiger partial charge in [0.05, 0.1) is 0 Å². The molecule has 3 nitrogen and oxygen atoms in total. The third kappa shape index (κ3) is 2.99. The highest BCUT2D eigenvalue weighted by Gasteiger charge is 2.05. The molecule has 0 fully saturated rings. The van der Waals surface area contributed by atoms with Gasteiger partial charge in [0, 0.05) is 24.7 Å². The van der Waals surface area contributed by atoms with Crippen LogP contribution >= 0.6 is 11.8 Å². The Labute approximate surface area is 81.9 Å². The molecule has 2 N–H and O–H groups in total. The van der Waals surface area contributed by atoms with E-state index in [9.17, 15) is 4.79 Å². The Morgan fingerprint density at radius 2 is 2.15 bits per heavy atom. The Morgan fingerprint density at radius 1 is 1.46 bits per heavy atom. The monoisotopic (exact) mass is 196 g/mol. The number of hydrogen-bond donors (Lipinski definition) is 1. The molecule has 1 aromatic carbocycles. The number of nitrogens with zero attached hydrogens (tertiary/aromatic N) is 1. The van der Waals surface area contributed by atoms with Gasteiger partial charge in [-0.1, -0.05) is 6.07 Å². The van der Waals surface area contributed by atoms with E-state index < -0.39 is 0 Å². The second-order valence-electron chi connectivity index (χ2n) is 2.83. The summed E-state index contributed by atoms with van der Waals surface area (Å²) in [4.78, 5) is 13.7. The van der Waals surface area contributed by atoms with Gasteiger partial charge in [0.2, 0.25) is 0 Å². The van der Waals surface area contributed by atoms with Crippen molar-refractivity contribution in [1.29, 1.82) is 0 Å². The topological polar surface area (TPSA) is 46.3 Å². The van der Waals surface area contributed by atoms with E-state index in [1.54, 1.807) is 26.2 Å². The molecule has 70 valence electrons. The molecule has 0 atom stereocenters. The summed E-state index contributed by atoms with van der Waals surface area (Å²) in [6.45, 7) is 0. The third-order valence-corrected chi connectivity index (χ3v) is 2.46. The average Bonchev–Trinajstić information content (AvgIpc) is 2.04. The van der Waals surface area contributed by atoms with Gasteiger partial charge in [-0.15, -0.1) is 0 Å². The van der Waals surface area contributed by atoms with Gasteiger partial charge in [0.15, 0.2) is 0 Å². The van der Waals surface area contributed by atoms with Gasteiger partial charge in [0.1, 0.15) is 0 Å². The van der Waals surface area contributed by atoms with E-state index in [1.165, 1.54) is 16.7 Å². The predicted octanol–water partition coefficient (Wildman–Crippen LogP) is 2.04. The first kappa shape index (κ1) is 9.92. The van der Waals surface area contributed by atoms with Gasteiger partial charge >= 0.3 is 0 Å². The number of hydrogen-bond acceptors (Lipinski definition) is 3. The van der Waals surface area contributed by atoms with Gasteiger partial charge in [-0.25, -0.2) is 0 Å². The van der Waals surface area contributed by atoms with Crippen LogP contribution in [0, 0.1) is 0 Å². The molecule has 0 radical (unpaired) electrons.